The largest absolute Gasteiger partial charge is 0.369 e. The van der Waals surface area contributed by atoms with Gasteiger partial charge in [-0.05, 0) is 51.1 Å². The van der Waals surface area contributed by atoms with Crippen LogP contribution in [0.25, 0.3) is 0 Å². The van der Waals surface area contributed by atoms with Gasteiger partial charge in [0.25, 0.3) is 5.91 Å². The molecule has 0 aliphatic carbocycles. The highest BCUT2D eigenvalue weighted by atomic mass is 16.2. The fourth-order valence-corrected chi connectivity index (χ4v) is 3.15. The van der Waals surface area contributed by atoms with E-state index in [1.807, 2.05) is 38.1 Å². The molecule has 0 unspecified atom stereocenters. The smallest absolute Gasteiger partial charge is 0.256 e. The lowest BCUT2D eigenvalue weighted by atomic mass is 10.2. The Morgan fingerprint density at radius 2 is 1.74 bits per heavy atom. The van der Waals surface area contributed by atoms with E-state index in [0.29, 0.717) is 56.5 Å². The molecule has 0 bridgehead atoms. The van der Waals surface area contributed by atoms with E-state index in [-0.39, 0.29) is 24.3 Å². The number of hydrogen-bond donors (Lipinski definition) is 5. The van der Waals surface area contributed by atoms with Gasteiger partial charge in [0.15, 0.2) is 0 Å². The first kappa shape index (κ1) is 30.2. The van der Waals surface area contributed by atoms with Crippen LogP contribution in [0.1, 0.15) is 35.7 Å². The van der Waals surface area contributed by atoms with Crippen LogP contribution in [-0.4, -0.2) is 90.9 Å². The van der Waals surface area contributed by atoms with Crippen molar-refractivity contribution in [2.24, 2.45) is 0 Å². The lowest BCUT2D eigenvalue weighted by Gasteiger charge is -2.13. The summed E-state index contributed by atoms with van der Waals surface area (Å²) in [5.74, 6) is -0.00206. The van der Waals surface area contributed by atoms with Gasteiger partial charge in [0.1, 0.15) is 11.4 Å². The molecule has 2 rings (SSSR count). The average molecular weight is 526 g/mol. The summed E-state index contributed by atoms with van der Waals surface area (Å²) in [6.07, 6.45) is 10.3. The minimum Gasteiger partial charge on any atom is -0.369 e. The Balaban J connectivity index is 1.74. The molecule has 3 amide bonds. The summed E-state index contributed by atoms with van der Waals surface area (Å²) >= 11 is 0. The van der Waals surface area contributed by atoms with Gasteiger partial charge in [0, 0.05) is 57.4 Å². The van der Waals surface area contributed by atoms with Crippen molar-refractivity contribution in [3.05, 3.63) is 54.0 Å². The molecular formula is C26H39N9O3. The number of hydrogen-bond acceptors (Lipinski definition) is 9. The zero-order chi connectivity index (χ0) is 27.6. The molecule has 0 aliphatic rings. The second-order valence-electron chi connectivity index (χ2n) is 8.76. The zero-order valence-corrected chi connectivity index (χ0v) is 22.4. The van der Waals surface area contributed by atoms with Crippen molar-refractivity contribution in [3.63, 3.8) is 0 Å². The van der Waals surface area contributed by atoms with Gasteiger partial charge in [-0.3, -0.25) is 19.4 Å². The fourth-order valence-electron chi connectivity index (χ4n) is 3.15. The first-order chi connectivity index (χ1) is 18.4. The normalized spacial score (nSPS) is 10.8. The molecule has 0 radical (unpaired) electrons. The van der Waals surface area contributed by atoms with Gasteiger partial charge in [0.2, 0.25) is 17.8 Å². The predicted octanol–water partition coefficient (Wildman–Crippen LogP) is 0.818. The van der Waals surface area contributed by atoms with Gasteiger partial charge in [-0.15, -0.1) is 0 Å². The first-order valence-electron chi connectivity index (χ1n) is 12.8. The Bertz CT molecular complexity index is 1050. The third-order valence-corrected chi connectivity index (χ3v) is 5.15. The second kappa shape index (κ2) is 17.4. The maximum atomic E-state index is 12.7. The van der Waals surface area contributed by atoms with E-state index >= 15 is 0 Å². The van der Waals surface area contributed by atoms with Crippen molar-refractivity contribution in [2.45, 2.75) is 26.2 Å². The molecule has 0 atom stereocenters. The molecular weight excluding hydrogens is 486 g/mol. The van der Waals surface area contributed by atoms with Crippen molar-refractivity contribution in [3.8, 4) is 0 Å². The van der Waals surface area contributed by atoms with E-state index in [0.717, 1.165) is 18.4 Å². The number of carbonyl (C=O) groups is 3. The Labute approximate surface area is 224 Å². The van der Waals surface area contributed by atoms with E-state index in [2.05, 4.69) is 41.5 Å². The number of carbonyl (C=O) groups excluding carboxylic acids is 3. The summed E-state index contributed by atoms with van der Waals surface area (Å²) in [4.78, 5) is 51.0. The van der Waals surface area contributed by atoms with E-state index in [1.54, 1.807) is 18.5 Å². The summed E-state index contributed by atoms with van der Waals surface area (Å²) < 4.78 is 0. The lowest BCUT2D eigenvalue weighted by Crippen LogP contribution is -2.37. The van der Waals surface area contributed by atoms with Gasteiger partial charge in [0.05, 0.1) is 6.54 Å². The first-order valence-corrected chi connectivity index (χ1v) is 12.8. The van der Waals surface area contributed by atoms with Crippen LogP contribution in [0, 0.1) is 0 Å². The molecule has 2 aromatic rings. The van der Waals surface area contributed by atoms with Gasteiger partial charge in [-0.1, -0.05) is 13.0 Å². The Morgan fingerprint density at radius 3 is 2.47 bits per heavy atom. The molecule has 0 saturated heterocycles. The van der Waals surface area contributed by atoms with E-state index in [1.165, 1.54) is 12.3 Å². The summed E-state index contributed by atoms with van der Waals surface area (Å²) in [5.41, 5.74) is 1.51. The predicted molar refractivity (Wildman–Crippen MR) is 148 cm³/mol. The molecule has 2 heterocycles. The van der Waals surface area contributed by atoms with Gasteiger partial charge in [-0.25, -0.2) is 4.98 Å². The minimum absolute atomic E-state index is 0.107. The molecule has 38 heavy (non-hydrogen) atoms. The highest BCUT2D eigenvalue weighted by Gasteiger charge is 2.14. The topological polar surface area (TPSA) is 153 Å². The molecule has 0 aliphatic heterocycles. The summed E-state index contributed by atoms with van der Waals surface area (Å²) in [6.45, 7) is 4.60. The maximum absolute atomic E-state index is 12.7. The number of anilines is 2. The Morgan fingerprint density at radius 1 is 0.974 bits per heavy atom. The fraction of sp³-hybridized carbons (Fsp3) is 0.462. The molecule has 5 N–H and O–H groups in total. The van der Waals surface area contributed by atoms with Crippen molar-refractivity contribution in [2.75, 3.05) is 64.0 Å². The van der Waals surface area contributed by atoms with Gasteiger partial charge >= 0.3 is 0 Å². The minimum atomic E-state index is -0.320. The van der Waals surface area contributed by atoms with Crippen molar-refractivity contribution >= 4 is 29.5 Å². The number of pyridine rings is 1. The van der Waals surface area contributed by atoms with Crippen LogP contribution < -0.4 is 26.6 Å². The number of amides is 3. The Hall–Kier alpha value is -4.06. The van der Waals surface area contributed by atoms with Crippen LogP contribution in [0.4, 0.5) is 11.8 Å². The number of rotatable bonds is 17. The van der Waals surface area contributed by atoms with E-state index in [9.17, 15) is 14.4 Å². The van der Waals surface area contributed by atoms with Crippen molar-refractivity contribution < 1.29 is 14.4 Å². The third-order valence-electron chi connectivity index (χ3n) is 5.15. The van der Waals surface area contributed by atoms with Crippen LogP contribution >= 0.6 is 0 Å². The number of aromatic nitrogens is 3. The van der Waals surface area contributed by atoms with Gasteiger partial charge in [-0.2, -0.15) is 4.98 Å². The third kappa shape index (κ3) is 12.3. The summed E-state index contributed by atoms with van der Waals surface area (Å²) in [6, 6.07) is 3.92. The Kier molecular flexibility index (Phi) is 13.8. The van der Waals surface area contributed by atoms with Crippen LogP contribution in [0.2, 0.25) is 0 Å². The molecule has 2 aromatic heterocycles. The van der Waals surface area contributed by atoms with Crippen LogP contribution in [0.15, 0.2) is 42.9 Å². The lowest BCUT2D eigenvalue weighted by molar-refractivity contribution is -0.123. The average Bonchev–Trinajstić information content (AvgIpc) is 2.91. The maximum Gasteiger partial charge on any atom is 0.256 e. The van der Waals surface area contributed by atoms with Crippen LogP contribution in [-0.2, 0) is 16.0 Å². The molecule has 0 fully saturated rings. The summed E-state index contributed by atoms with van der Waals surface area (Å²) in [7, 11) is 3.80. The quantitative estimate of drug-likeness (QED) is 0.149. The van der Waals surface area contributed by atoms with Crippen molar-refractivity contribution in [1.29, 1.82) is 0 Å². The molecule has 12 heteroatoms. The van der Waals surface area contributed by atoms with Gasteiger partial charge < -0.3 is 31.5 Å². The highest BCUT2D eigenvalue weighted by molar-refractivity contribution is 5.98. The van der Waals surface area contributed by atoms with E-state index < -0.39 is 0 Å². The molecule has 206 valence electrons. The van der Waals surface area contributed by atoms with Crippen LogP contribution in [0.3, 0.4) is 0 Å². The zero-order valence-electron chi connectivity index (χ0n) is 22.4. The number of nitrogens with one attached hydrogen (secondary N) is 5. The van der Waals surface area contributed by atoms with Crippen molar-refractivity contribution in [1.82, 2.24) is 35.8 Å². The van der Waals surface area contributed by atoms with Crippen LogP contribution in [0.5, 0.6) is 0 Å². The standard InChI is InChI=1S/C26H39N9O3/c1-4-11-29-24-21(18-33-26(34-24)31-16-10-20-8-14-27-15-9-20)25(38)30-13-6-12-28-23(37)19-32-22(36)7-5-17-35(2)3/h5,7-9,14-15,18H,4,6,10-13,16-17,19H2,1-3H3,(H,28,37)(H,30,38)(H,32,36)(H2,29,31,33,34)/b7-5+. The molecule has 0 aromatic carbocycles. The monoisotopic (exact) mass is 525 g/mol. The SMILES string of the molecule is CCCNc1nc(NCCc2ccncc2)ncc1C(=O)NCCCNC(=O)CNC(=O)/C=C/CN(C)C. The van der Waals surface area contributed by atoms with E-state index in [4.69, 9.17) is 0 Å². The number of nitrogens with zero attached hydrogens (tertiary/aromatic N) is 4. The molecule has 12 nitrogen and oxygen atoms in total. The molecule has 0 saturated carbocycles. The second-order valence-corrected chi connectivity index (χ2v) is 8.76. The number of likely N-dealkylation sites (N-methyl/N-ethyl adjacent to an activating group) is 1. The molecule has 0 spiro atoms. The summed E-state index contributed by atoms with van der Waals surface area (Å²) in [5, 5.41) is 14.5. The highest BCUT2D eigenvalue weighted by Crippen LogP contribution is 2.14.